The Balaban J connectivity index is 2.41. The van der Waals surface area contributed by atoms with Crippen molar-refractivity contribution in [3.8, 4) is 0 Å². The van der Waals surface area contributed by atoms with E-state index in [1.807, 2.05) is 0 Å². The summed E-state index contributed by atoms with van der Waals surface area (Å²) >= 11 is 0. The van der Waals surface area contributed by atoms with Crippen LogP contribution in [0.3, 0.4) is 0 Å². The second-order valence-corrected chi connectivity index (χ2v) is 3.22. The van der Waals surface area contributed by atoms with Crippen molar-refractivity contribution < 1.29 is 9.59 Å². The van der Waals surface area contributed by atoms with Crippen molar-refractivity contribution in [2.24, 2.45) is 0 Å². The van der Waals surface area contributed by atoms with Crippen LogP contribution in [-0.4, -0.2) is 18.2 Å². The minimum Gasteiger partial charge on any atom is -0.374 e. The van der Waals surface area contributed by atoms with E-state index in [2.05, 4.69) is 10.6 Å². The van der Waals surface area contributed by atoms with E-state index < -0.39 is 0 Å². The molecule has 0 unspecified atom stereocenters. The normalized spacial score (nSPS) is 13.9. The average Bonchev–Trinajstić information content (AvgIpc) is 2.16. The molecule has 0 saturated heterocycles. The molecule has 0 aliphatic carbocycles. The Morgan fingerprint density at radius 2 is 2.14 bits per heavy atom. The zero-order chi connectivity index (χ0) is 10.1. The van der Waals surface area contributed by atoms with Crippen LogP contribution in [0.25, 0.3) is 0 Å². The number of nitrogens with one attached hydrogen (secondary N) is 2. The second-order valence-electron chi connectivity index (χ2n) is 3.22. The van der Waals surface area contributed by atoms with Gasteiger partial charge in [-0.25, -0.2) is 0 Å². The molecule has 4 nitrogen and oxygen atoms in total. The molecular weight excluding hydrogens is 180 g/mol. The van der Waals surface area contributed by atoms with Crippen LogP contribution in [0.15, 0.2) is 18.2 Å². The van der Waals surface area contributed by atoms with Crippen molar-refractivity contribution in [2.75, 3.05) is 17.2 Å². The minimum atomic E-state index is -0.0620. The van der Waals surface area contributed by atoms with Gasteiger partial charge in [-0.3, -0.25) is 9.59 Å². The van der Waals surface area contributed by atoms with Gasteiger partial charge in [-0.1, -0.05) is 0 Å². The minimum absolute atomic E-state index is 0.0199. The number of ketones is 1. The maximum absolute atomic E-state index is 11.1. The summed E-state index contributed by atoms with van der Waals surface area (Å²) in [6.07, 6.45) is 0. The fourth-order valence-electron chi connectivity index (χ4n) is 1.39. The lowest BCUT2D eigenvalue weighted by atomic mass is 10.1. The Labute approximate surface area is 81.3 Å². The van der Waals surface area contributed by atoms with Crippen molar-refractivity contribution in [3.05, 3.63) is 23.8 Å². The smallest absolute Gasteiger partial charge is 0.243 e. The molecule has 1 aromatic rings. The zero-order valence-corrected chi connectivity index (χ0v) is 7.76. The van der Waals surface area contributed by atoms with Crippen LogP contribution in [0.4, 0.5) is 11.4 Å². The third-order valence-electron chi connectivity index (χ3n) is 2.14. The molecule has 0 spiro atoms. The van der Waals surface area contributed by atoms with Crippen LogP contribution >= 0.6 is 0 Å². The number of rotatable bonds is 1. The van der Waals surface area contributed by atoms with Gasteiger partial charge in [0.15, 0.2) is 5.78 Å². The molecular formula is C10H10N2O2. The summed E-state index contributed by atoms with van der Waals surface area (Å²) in [5.41, 5.74) is 2.18. The number of fused-ring (bicyclic) bond motifs is 1. The Morgan fingerprint density at radius 3 is 2.86 bits per heavy atom. The molecule has 1 aliphatic rings. The first-order chi connectivity index (χ1) is 6.66. The molecule has 4 heteroatoms. The first-order valence-corrected chi connectivity index (χ1v) is 4.35. The number of carbonyl (C=O) groups is 2. The van der Waals surface area contributed by atoms with Gasteiger partial charge in [0.05, 0.1) is 17.9 Å². The molecule has 0 bridgehead atoms. The van der Waals surface area contributed by atoms with E-state index in [1.165, 1.54) is 6.92 Å². The van der Waals surface area contributed by atoms with E-state index in [0.29, 0.717) is 5.56 Å². The Hall–Kier alpha value is -1.84. The zero-order valence-electron chi connectivity index (χ0n) is 7.76. The van der Waals surface area contributed by atoms with E-state index in [9.17, 15) is 9.59 Å². The van der Waals surface area contributed by atoms with E-state index >= 15 is 0 Å². The highest BCUT2D eigenvalue weighted by Crippen LogP contribution is 2.25. The van der Waals surface area contributed by atoms with Gasteiger partial charge in [-0.2, -0.15) is 0 Å². The molecule has 0 atom stereocenters. The molecule has 1 aliphatic heterocycles. The van der Waals surface area contributed by atoms with Gasteiger partial charge in [0.2, 0.25) is 5.91 Å². The fraction of sp³-hybridized carbons (Fsp3) is 0.200. The van der Waals surface area contributed by atoms with Gasteiger partial charge in [0.1, 0.15) is 0 Å². The Kier molecular flexibility index (Phi) is 1.96. The maximum atomic E-state index is 11.1. The Morgan fingerprint density at radius 1 is 1.36 bits per heavy atom. The molecule has 1 amide bonds. The quantitative estimate of drug-likeness (QED) is 0.655. The molecule has 72 valence electrons. The third-order valence-corrected chi connectivity index (χ3v) is 2.14. The van der Waals surface area contributed by atoms with Gasteiger partial charge >= 0.3 is 0 Å². The van der Waals surface area contributed by atoms with E-state index in [1.54, 1.807) is 18.2 Å². The van der Waals surface area contributed by atoms with Crippen molar-refractivity contribution in [1.29, 1.82) is 0 Å². The van der Waals surface area contributed by atoms with Gasteiger partial charge in [0.25, 0.3) is 0 Å². The Bertz CT molecular complexity index is 413. The summed E-state index contributed by atoms with van der Waals surface area (Å²) in [4.78, 5) is 22.1. The van der Waals surface area contributed by atoms with Crippen LogP contribution in [0, 0.1) is 0 Å². The molecule has 0 saturated carbocycles. The third kappa shape index (κ3) is 1.46. The number of Topliss-reactive ketones (excluding diaryl/α,β-unsaturated/α-hetero) is 1. The highest BCUT2D eigenvalue weighted by Gasteiger charge is 2.14. The molecule has 0 aromatic heterocycles. The number of anilines is 2. The topological polar surface area (TPSA) is 58.2 Å². The SMILES string of the molecule is CC(=O)c1ccc2c(c1)NCC(=O)N2. The van der Waals surface area contributed by atoms with Gasteiger partial charge < -0.3 is 10.6 Å². The van der Waals surface area contributed by atoms with E-state index in [-0.39, 0.29) is 18.2 Å². The van der Waals surface area contributed by atoms with Gasteiger partial charge in [-0.15, -0.1) is 0 Å². The van der Waals surface area contributed by atoms with Crippen LogP contribution in [0.2, 0.25) is 0 Å². The highest BCUT2D eigenvalue weighted by atomic mass is 16.2. The van der Waals surface area contributed by atoms with Crippen LogP contribution in [-0.2, 0) is 4.79 Å². The molecule has 1 heterocycles. The monoisotopic (exact) mass is 190 g/mol. The summed E-state index contributed by atoms with van der Waals surface area (Å²) in [5, 5.41) is 5.66. The van der Waals surface area contributed by atoms with Crippen molar-refractivity contribution in [3.63, 3.8) is 0 Å². The van der Waals surface area contributed by atoms with Gasteiger partial charge in [0, 0.05) is 5.56 Å². The standard InChI is InChI=1S/C10H10N2O2/c1-6(13)7-2-3-8-9(4-7)11-5-10(14)12-8/h2-4,11H,5H2,1H3,(H,12,14). The predicted molar refractivity (Wildman–Crippen MR) is 53.6 cm³/mol. The molecule has 0 fully saturated rings. The molecule has 2 N–H and O–H groups in total. The predicted octanol–water partition coefficient (Wildman–Crippen LogP) is 1.25. The summed E-state index contributed by atoms with van der Waals surface area (Å²) in [6.45, 7) is 1.78. The largest absolute Gasteiger partial charge is 0.374 e. The van der Waals surface area contributed by atoms with Crippen LogP contribution in [0.1, 0.15) is 17.3 Å². The van der Waals surface area contributed by atoms with E-state index in [4.69, 9.17) is 0 Å². The lowest BCUT2D eigenvalue weighted by molar-refractivity contribution is -0.114. The van der Waals surface area contributed by atoms with Crippen molar-refractivity contribution in [2.45, 2.75) is 6.92 Å². The highest BCUT2D eigenvalue weighted by molar-refractivity contribution is 6.03. The lowest BCUT2D eigenvalue weighted by Crippen LogP contribution is -2.27. The first-order valence-electron chi connectivity index (χ1n) is 4.35. The average molecular weight is 190 g/mol. The second kappa shape index (κ2) is 3.14. The van der Waals surface area contributed by atoms with Crippen LogP contribution < -0.4 is 10.6 Å². The lowest BCUT2D eigenvalue weighted by Gasteiger charge is -2.18. The summed E-state index contributed by atoms with van der Waals surface area (Å²) in [6, 6.07) is 5.18. The number of benzene rings is 1. The summed E-state index contributed by atoms with van der Waals surface area (Å²) < 4.78 is 0. The molecule has 2 rings (SSSR count). The van der Waals surface area contributed by atoms with Crippen LogP contribution in [0.5, 0.6) is 0 Å². The summed E-state index contributed by atoms with van der Waals surface area (Å²) in [7, 11) is 0. The molecule has 0 radical (unpaired) electrons. The fourth-order valence-corrected chi connectivity index (χ4v) is 1.39. The van der Waals surface area contributed by atoms with E-state index in [0.717, 1.165) is 11.4 Å². The first kappa shape index (κ1) is 8.74. The molecule has 14 heavy (non-hydrogen) atoms. The number of carbonyl (C=O) groups excluding carboxylic acids is 2. The number of hydrogen-bond acceptors (Lipinski definition) is 3. The number of hydrogen-bond donors (Lipinski definition) is 2. The number of amides is 1. The molecule has 1 aromatic carbocycles. The van der Waals surface area contributed by atoms with Crippen molar-refractivity contribution >= 4 is 23.1 Å². The summed E-state index contributed by atoms with van der Waals surface area (Å²) in [5.74, 6) is -0.0421. The van der Waals surface area contributed by atoms with Crippen molar-refractivity contribution in [1.82, 2.24) is 0 Å². The maximum Gasteiger partial charge on any atom is 0.243 e. The van der Waals surface area contributed by atoms with Gasteiger partial charge in [-0.05, 0) is 25.1 Å².